The van der Waals surface area contributed by atoms with Crippen molar-refractivity contribution in [3.05, 3.63) is 66.6 Å². The van der Waals surface area contributed by atoms with Gasteiger partial charge in [0.1, 0.15) is 17.2 Å². The van der Waals surface area contributed by atoms with Crippen molar-refractivity contribution in [3.8, 4) is 28.5 Å². The fourth-order valence-corrected chi connectivity index (χ4v) is 3.19. The second-order valence-electron chi connectivity index (χ2n) is 6.98. The number of aromatic nitrogens is 2. The largest absolute Gasteiger partial charge is 0.496 e. The SMILES string of the molecule is CCCN(C)CC(F)(F)c1ccc(Oc2ncccc2-c2ccccc2OC)cn1. The monoisotopic (exact) mass is 413 g/mol. The molecule has 0 aliphatic rings. The number of alkyl halides is 2. The van der Waals surface area contributed by atoms with Gasteiger partial charge in [0.05, 0.1) is 19.9 Å². The predicted molar refractivity (Wildman–Crippen MR) is 112 cm³/mol. The highest BCUT2D eigenvalue weighted by Gasteiger charge is 2.34. The maximum absolute atomic E-state index is 14.5. The van der Waals surface area contributed by atoms with Crippen LogP contribution in [-0.2, 0) is 5.92 Å². The average molecular weight is 413 g/mol. The molecule has 30 heavy (non-hydrogen) atoms. The molecule has 1 aromatic carbocycles. The van der Waals surface area contributed by atoms with E-state index in [1.807, 2.05) is 37.3 Å². The number of likely N-dealkylation sites (N-methyl/N-ethyl adjacent to an activating group) is 1. The minimum atomic E-state index is -3.05. The van der Waals surface area contributed by atoms with Gasteiger partial charge in [-0.1, -0.05) is 25.1 Å². The Kier molecular flexibility index (Phi) is 6.95. The molecule has 5 nitrogen and oxygen atoms in total. The van der Waals surface area contributed by atoms with Gasteiger partial charge in [0.2, 0.25) is 5.88 Å². The third kappa shape index (κ3) is 5.10. The van der Waals surface area contributed by atoms with Gasteiger partial charge in [-0.15, -0.1) is 0 Å². The van der Waals surface area contributed by atoms with Crippen LogP contribution in [-0.4, -0.2) is 42.1 Å². The van der Waals surface area contributed by atoms with Crippen LogP contribution in [0, 0.1) is 0 Å². The van der Waals surface area contributed by atoms with Crippen LogP contribution < -0.4 is 9.47 Å². The zero-order valence-corrected chi connectivity index (χ0v) is 17.3. The van der Waals surface area contributed by atoms with E-state index in [0.29, 0.717) is 23.9 Å². The predicted octanol–water partition coefficient (Wildman–Crippen LogP) is 5.38. The maximum atomic E-state index is 14.5. The minimum Gasteiger partial charge on any atom is -0.496 e. The highest BCUT2D eigenvalue weighted by Crippen LogP contribution is 2.37. The third-order valence-corrected chi connectivity index (χ3v) is 4.57. The number of benzene rings is 1. The van der Waals surface area contributed by atoms with E-state index in [1.165, 1.54) is 18.3 Å². The molecule has 2 heterocycles. The van der Waals surface area contributed by atoms with E-state index in [0.717, 1.165) is 17.5 Å². The van der Waals surface area contributed by atoms with Crippen LogP contribution >= 0.6 is 0 Å². The van der Waals surface area contributed by atoms with Crippen molar-refractivity contribution in [1.82, 2.24) is 14.9 Å². The van der Waals surface area contributed by atoms with Gasteiger partial charge >= 0.3 is 5.92 Å². The fraction of sp³-hybridized carbons (Fsp3) is 0.304. The molecule has 3 rings (SSSR count). The molecule has 0 aliphatic heterocycles. The molecule has 0 fully saturated rings. The van der Waals surface area contributed by atoms with Gasteiger partial charge < -0.3 is 14.4 Å². The van der Waals surface area contributed by atoms with E-state index in [2.05, 4.69) is 9.97 Å². The zero-order valence-electron chi connectivity index (χ0n) is 17.3. The van der Waals surface area contributed by atoms with E-state index in [9.17, 15) is 8.78 Å². The molecule has 3 aromatic rings. The first-order valence-corrected chi connectivity index (χ1v) is 9.73. The van der Waals surface area contributed by atoms with Crippen LogP contribution in [0.25, 0.3) is 11.1 Å². The Morgan fingerprint density at radius 3 is 2.47 bits per heavy atom. The lowest BCUT2D eigenvalue weighted by atomic mass is 10.1. The van der Waals surface area contributed by atoms with Gasteiger partial charge in [-0.3, -0.25) is 4.98 Å². The van der Waals surface area contributed by atoms with Crippen LogP contribution in [0.4, 0.5) is 8.78 Å². The highest BCUT2D eigenvalue weighted by atomic mass is 19.3. The number of ether oxygens (including phenoxy) is 2. The molecular formula is C23H25F2N3O2. The first-order chi connectivity index (χ1) is 14.4. The summed E-state index contributed by atoms with van der Waals surface area (Å²) < 4.78 is 40.3. The molecule has 0 aliphatic carbocycles. The molecule has 0 bridgehead atoms. The summed E-state index contributed by atoms with van der Waals surface area (Å²) >= 11 is 0. The number of para-hydroxylation sites is 1. The number of rotatable bonds is 9. The molecule has 0 amide bonds. The van der Waals surface area contributed by atoms with Gasteiger partial charge in [0, 0.05) is 17.3 Å². The molecule has 0 spiro atoms. The van der Waals surface area contributed by atoms with Crippen LogP contribution in [0.15, 0.2) is 60.9 Å². The fourth-order valence-electron chi connectivity index (χ4n) is 3.19. The lowest BCUT2D eigenvalue weighted by Gasteiger charge is -2.23. The quantitative estimate of drug-likeness (QED) is 0.471. The van der Waals surface area contributed by atoms with E-state index >= 15 is 0 Å². The summed E-state index contributed by atoms with van der Waals surface area (Å²) in [5.41, 5.74) is 1.26. The molecule has 0 atom stereocenters. The normalized spacial score (nSPS) is 11.5. The standard InChI is InChI=1S/C23H25F2N3O2/c1-4-14-28(2)16-23(24,25)21-12-11-17(15-27-21)30-22-19(9-7-13-26-22)18-8-5-6-10-20(18)29-3/h5-13,15H,4,14,16H2,1-3H3. The zero-order chi connectivity index (χ0) is 21.6. The van der Waals surface area contributed by atoms with Gasteiger partial charge in [-0.2, -0.15) is 8.78 Å². The summed E-state index contributed by atoms with van der Waals surface area (Å²) in [4.78, 5) is 9.83. The number of pyridine rings is 2. The van der Waals surface area contributed by atoms with Crippen molar-refractivity contribution >= 4 is 0 Å². The summed E-state index contributed by atoms with van der Waals surface area (Å²) in [5, 5.41) is 0. The van der Waals surface area contributed by atoms with E-state index in [1.54, 1.807) is 31.3 Å². The van der Waals surface area contributed by atoms with E-state index < -0.39 is 5.92 Å². The van der Waals surface area contributed by atoms with Crippen LogP contribution in [0.3, 0.4) is 0 Å². The van der Waals surface area contributed by atoms with Crippen molar-refractivity contribution in [2.75, 3.05) is 27.2 Å². The van der Waals surface area contributed by atoms with Crippen LogP contribution in [0.5, 0.6) is 17.4 Å². The van der Waals surface area contributed by atoms with Crippen molar-refractivity contribution in [2.24, 2.45) is 0 Å². The number of methoxy groups -OCH3 is 1. The Balaban J connectivity index is 1.82. The van der Waals surface area contributed by atoms with Crippen molar-refractivity contribution in [3.63, 3.8) is 0 Å². The molecule has 158 valence electrons. The third-order valence-electron chi connectivity index (χ3n) is 4.57. The minimum absolute atomic E-state index is 0.288. The van der Waals surface area contributed by atoms with Crippen molar-refractivity contribution < 1.29 is 18.3 Å². The molecule has 2 aromatic heterocycles. The van der Waals surface area contributed by atoms with Gasteiger partial charge in [-0.05, 0) is 50.3 Å². The first kappa shape index (κ1) is 21.6. The molecule has 0 unspecified atom stereocenters. The smallest absolute Gasteiger partial charge is 0.302 e. The van der Waals surface area contributed by atoms with Gasteiger partial charge in [-0.25, -0.2) is 4.98 Å². The summed E-state index contributed by atoms with van der Waals surface area (Å²) in [6.07, 6.45) is 3.71. The maximum Gasteiger partial charge on any atom is 0.302 e. The number of halogens is 2. The Labute approximate surface area is 175 Å². The summed E-state index contributed by atoms with van der Waals surface area (Å²) in [5.74, 6) is -1.70. The summed E-state index contributed by atoms with van der Waals surface area (Å²) in [6, 6.07) is 13.9. The summed E-state index contributed by atoms with van der Waals surface area (Å²) in [7, 11) is 3.27. The summed E-state index contributed by atoms with van der Waals surface area (Å²) in [6.45, 7) is 2.17. The Morgan fingerprint density at radius 2 is 1.77 bits per heavy atom. The van der Waals surface area contributed by atoms with Crippen molar-refractivity contribution in [2.45, 2.75) is 19.3 Å². The Morgan fingerprint density at radius 1 is 1.00 bits per heavy atom. The topological polar surface area (TPSA) is 47.5 Å². The second-order valence-corrected chi connectivity index (χ2v) is 6.98. The molecular weight excluding hydrogens is 388 g/mol. The molecule has 0 saturated heterocycles. The van der Waals surface area contributed by atoms with Crippen molar-refractivity contribution in [1.29, 1.82) is 0 Å². The van der Waals surface area contributed by atoms with Crippen LogP contribution in [0.1, 0.15) is 19.0 Å². The highest BCUT2D eigenvalue weighted by molar-refractivity contribution is 5.74. The van der Waals surface area contributed by atoms with E-state index in [-0.39, 0.29) is 12.2 Å². The first-order valence-electron chi connectivity index (χ1n) is 9.73. The lowest BCUT2D eigenvalue weighted by Crippen LogP contribution is -2.33. The second kappa shape index (κ2) is 9.63. The van der Waals surface area contributed by atoms with Gasteiger partial charge in [0.25, 0.3) is 0 Å². The van der Waals surface area contributed by atoms with Gasteiger partial charge in [0.15, 0.2) is 0 Å². The van der Waals surface area contributed by atoms with E-state index in [4.69, 9.17) is 9.47 Å². The average Bonchev–Trinajstić information content (AvgIpc) is 2.74. The molecule has 7 heteroatoms. The molecule has 0 N–H and O–H groups in total. The lowest BCUT2D eigenvalue weighted by molar-refractivity contribution is -0.0360. The Hall–Kier alpha value is -3.06. The number of nitrogens with zero attached hydrogens (tertiary/aromatic N) is 3. The molecule has 0 radical (unpaired) electrons. The molecule has 0 saturated carbocycles. The number of hydrogen-bond donors (Lipinski definition) is 0. The number of hydrogen-bond acceptors (Lipinski definition) is 5. The van der Waals surface area contributed by atoms with Crippen LogP contribution in [0.2, 0.25) is 0 Å². The Bertz CT molecular complexity index is 965.